The molecule has 0 radical (unpaired) electrons. The molecule has 2 aliphatic rings. The highest BCUT2D eigenvalue weighted by Gasteiger charge is 2.32. The number of nitrogens with one attached hydrogen (secondary N) is 1. The molecule has 0 aromatic carbocycles. The van der Waals surface area contributed by atoms with Gasteiger partial charge < -0.3 is 10.1 Å². The molecule has 2 aliphatic heterocycles. The SMILES string of the molecule is C[C@H](CN1CCOCC1)N1CCC[C@@H](C(=O)NCC(F)(F)F)C1. The molecule has 0 saturated carbocycles. The van der Waals surface area contributed by atoms with Gasteiger partial charge in [-0.05, 0) is 26.3 Å². The Morgan fingerprint density at radius 3 is 2.65 bits per heavy atom. The number of hydrogen-bond acceptors (Lipinski definition) is 4. The topological polar surface area (TPSA) is 44.8 Å². The predicted octanol–water partition coefficient (Wildman–Crippen LogP) is 1.10. The Morgan fingerprint density at radius 1 is 1.30 bits per heavy atom. The summed E-state index contributed by atoms with van der Waals surface area (Å²) in [6.45, 7) is 6.52. The molecule has 5 nitrogen and oxygen atoms in total. The number of piperidine rings is 1. The second-order valence-electron chi connectivity index (χ2n) is 6.43. The summed E-state index contributed by atoms with van der Waals surface area (Å²) in [5.74, 6) is -0.830. The van der Waals surface area contributed by atoms with Crippen molar-refractivity contribution < 1.29 is 22.7 Å². The Kier molecular flexibility index (Phi) is 6.67. The summed E-state index contributed by atoms with van der Waals surface area (Å²) in [6, 6.07) is 0.284. The van der Waals surface area contributed by atoms with E-state index in [0.717, 1.165) is 45.8 Å². The fraction of sp³-hybridized carbons (Fsp3) is 0.933. The van der Waals surface area contributed by atoms with Gasteiger partial charge in [0.05, 0.1) is 19.1 Å². The van der Waals surface area contributed by atoms with Gasteiger partial charge in [0.1, 0.15) is 6.54 Å². The van der Waals surface area contributed by atoms with Gasteiger partial charge in [-0.2, -0.15) is 13.2 Å². The summed E-state index contributed by atoms with van der Waals surface area (Å²) in [4.78, 5) is 16.5. The average molecular weight is 337 g/mol. The minimum Gasteiger partial charge on any atom is -0.379 e. The van der Waals surface area contributed by atoms with E-state index in [1.54, 1.807) is 0 Å². The molecule has 2 saturated heterocycles. The van der Waals surface area contributed by atoms with Crippen LogP contribution in [0.5, 0.6) is 0 Å². The number of amides is 1. The number of morpholine rings is 1. The van der Waals surface area contributed by atoms with Crippen molar-refractivity contribution in [2.24, 2.45) is 5.92 Å². The lowest BCUT2D eigenvalue weighted by atomic mass is 9.96. The van der Waals surface area contributed by atoms with Crippen LogP contribution in [0.1, 0.15) is 19.8 Å². The van der Waals surface area contributed by atoms with Gasteiger partial charge in [0.2, 0.25) is 5.91 Å². The lowest BCUT2D eigenvalue weighted by molar-refractivity contribution is -0.142. The van der Waals surface area contributed by atoms with Crippen LogP contribution in [0.25, 0.3) is 0 Å². The molecule has 2 rings (SSSR count). The average Bonchev–Trinajstić information content (AvgIpc) is 2.53. The van der Waals surface area contributed by atoms with Crippen molar-refractivity contribution in [3.05, 3.63) is 0 Å². The quantitative estimate of drug-likeness (QED) is 0.816. The number of ether oxygens (including phenoxy) is 1. The van der Waals surface area contributed by atoms with Crippen LogP contribution in [-0.4, -0.2) is 80.4 Å². The first kappa shape index (κ1) is 18.5. The zero-order valence-electron chi connectivity index (χ0n) is 13.6. The number of alkyl halides is 3. The molecule has 2 atom stereocenters. The van der Waals surface area contributed by atoms with Crippen LogP contribution in [-0.2, 0) is 9.53 Å². The zero-order chi connectivity index (χ0) is 16.9. The van der Waals surface area contributed by atoms with Crippen molar-refractivity contribution in [1.29, 1.82) is 0 Å². The van der Waals surface area contributed by atoms with Gasteiger partial charge in [0.25, 0.3) is 0 Å². The van der Waals surface area contributed by atoms with Crippen molar-refractivity contribution in [3.63, 3.8) is 0 Å². The minimum atomic E-state index is -4.35. The van der Waals surface area contributed by atoms with Crippen LogP contribution in [0.15, 0.2) is 0 Å². The molecule has 23 heavy (non-hydrogen) atoms. The van der Waals surface area contributed by atoms with E-state index in [9.17, 15) is 18.0 Å². The number of halogens is 3. The molecule has 0 aromatic rings. The summed E-state index contributed by atoms with van der Waals surface area (Å²) in [5, 5.41) is 2.02. The lowest BCUT2D eigenvalue weighted by Gasteiger charge is -2.39. The Balaban J connectivity index is 1.78. The van der Waals surface area contributed by atoms with E-state index in [4.69, 9.17) is 4.74 Å². The first-order valence-electron chi connectivity index (χ1n) is 8.24. The van der Waals surface area contributed by atoms with Crippen LogP contribution >= 0.6 is 0 Å². The molecular formula is C15H26F3N3O2. The zero-order valence-corrected chi connectivity index (χ0v) is 13.6. The van der Waals surface area contributed by atoms with Crippen LogP contribution in [0, 0.1) is 5.92 Å². The standard InChI is InChI=1S/C15H26F3N3O2/c1-12(9-20-5-7-23-8-6-20)21-4-2-3-13(10-21)14(22)19-11-15(16,17)18/h12-13H,2-11H2,1H3,(H,19,22)/t12-,13-/m1/s1. The van der Waals surface area contributed by atoms with Crippen LogP contribution in [0.2, 0.25) is 0 Å². The van der Waals surface area contributed by atoms with Gasteiger partial charge in [0, 0.05) is 32.2 Å². The third kappa shape index (κ3) is 6.27. The van der Waals surface area contributed by atoms with Gasteiger partial charge in [-0.1, -0.05) is 0 Å². The summed E-state index contributed by atoms with van der Waals surface area (Å²) >= 11 is 0. The van der Waals surface area contributed by atoms with E-state index in [1.807, 2.05) is 5.32 Å². The van der Waals surface area contributed by atoms with E-state index in [2.05, 4.69) is 16.7 Å². The van der Waals surface area contributed by atoms with Crippen molar-refractivity contribution in [2.75, 3.05) is 52.5 Å². The van der Waals surface area contributed by atoms with Gasteiger partial charge in [-0.15, -0.1) is 0 Å². The molecule has 8 heteroatoms. The maximum Gasteiger partial charge on any atom is 0.405 e. The largest absolute Gasteiger partial charge is 0.405 e. The fourth-order valence-electron chi connectivity index (χ4n) is 3.23. The third-order valence-electron chi connectivity index (χ3n) is 4.54. The van der Waals surface area contributed by atoms with E-state index >= 15 is 0 Å². The van der Waals surface area contributed by atoms with Gasteiger partial charge in [-0.25, -0.2) is 0 Å². The second kappa shape index (κ2) is 8.30. The maximum absolute atomic E-state index is 12.2. The molecule has 0 aromatic heterocycles. The molecule has 0 unspecified atom stereocenters. The molecule has 134 valence electrons. The maximum atomic E-state index is 12.2. The first-order valence-corrected chi connectivity index (χ1v) is 8.24. The Hall–Kier alpha value is -0.860. The van der Waals surface area contributed by atoms with E-state index in [-0.39, 0.29) is 12.0 Å². The third-order valence-corrected chi connectivity index (χ3v) is 4.54. The summed E-state index contributed by atoms with van der Waals surface area (Å²) in [5.41, 5.74) is 0. The second-order valence-corrected chi connectivity index (χ2v) is 6.43. The van der Waals surface area contributed by atoms with Crippen molar-refractivity contribution in [2.45, 2.75) is 32.0 Å². The van der Waals surface area contributed by atoms with Crippen molar-refractivity contribution in [1.82, 2.24) is 15.1 Å². The highest BCUT2D eigenvalue weighted by Crippen LogP contribution is 2.20. The van der Waals surface area contributed by atoms with Gasteiger partial charge >= 0.3 is 6.18 Å². The molecule has 0 aliphatic carbocycles. The number of likely N-dealkylation sites (tertiary alicyclic amines) is 1. The summed E-state index contributed by atoms with van der Waals surface area (Å²) in [6.07, 6.45) is -2.85. The summed E-state index contributed by atoms with van der Waals surface area (Å²) in [7, 11) is 0. The number of nitrogens with zero attached hydrogens (tertiary/aromatic N) is 2. The number of carbonyl (C=O) groups is 1. The molecule has 0 spiro atoms. The van der Waals surface area contributed by atoms with Crippen LogP contribution in [0.3, 0.4) is 0 Å². The van der Waals surface area contributed by atoms with Crippen molar-refractivity contribution >= 4 is 5.91 Å². The van der Waals surface area contributed by atoms with Gasteiger partial charge in [-0.3, -0.25) is 14.6 Å². The molecular weight excluding hydrogens is 311 g/mol. The number of hydrogen-bond donors (Lipinski definition) is 1. The normalized spacial score (nSPS) is 26.0. The Morgan fingerprint density at radius 2 is 2.00 bits per heavy atom. The Labute approximate surface area is 135 Å². The molecule has 0 bridgehead atoms. The highest BCUT2D eigenvalue weighted by molar-refractivity contribution is 5.79. The smallest absolute Gasteiger partial charge is 0.379 e. The Bertz CT molecular complexity index is 387. The highest BCUT2D eigenvalue weighted by atomic mass is 19.4. The molecule has 2 fully saturated rings. The predicted molar refractivity (Wildman–Crippen MR) is 80.1 cm³/mol. The molecule has 1 N–H and O–H groups in total. The number of rotatable bonds is 5. The minimum absolute atomic E-state index is 0.284. The van der Waals surface area contributed by atoms with E-state index in [1.165, 1.54) is 0 Å². The molecule has 2 heterocycles. The first-order chi connectivity index (χ1) is 10.8. The van der Waals surface area contributed by atoms with Crippen LogP contribution in [0.4, 0.5) is 13.2 Å². The van der Waals surface area contributed by atoms with Crippen LogP contribution < -0.4 is 5.32 Å². The van der Waals surface area contributed by atoms with Crippen molar-refractivity contribution in [3.8, 4) is 0 Å². The summed E-state index contributed by atoms with van der Waals surface area (Å²) < 4.78 is 42.0. The fourth-order valence-corrected chi connectivity index (χ4v) is 3.23. The van der Waals surface area contributed by atoms with E-state index < -0.39 is 18.6 Å². The number of carbonyl (C=O) groups excluding carboxylic acids is 1. The lowest BCUT2D eigenvalue weighted by Crippen LogP contribution is -2.51. The van der Waals surface area contributed by atoms with E-state index in [0.29, 0.717) is 13.0 Å². The monoisotopic (exact) mass is 337 g/mol. The van der Waals surface area contributed by atoms with Gasteiger partial charge in [0.15, 0.2) is 0 Å². The molecule has 1 amide bonds.